The number of phosphoric ester groups is 2. The fraction of sp³-hybridized carbons (Fsp3) is 0.321. The standard InChI is InChI=1S/2C28H31O7P.Mg/c2*1-15(2)20-13-24(26(12-17(20)5)35-36(31,32)33)28(22-10-8-7-9-19(22)27(30)34-28)23-14-25(29)21(16(3)4)11-18(23)6;/h2*7-16,29H,1-6H3,(H2,31,32,33);/q;;+2/p-2. The third-order valence-electron chi connectivity index (χ3n) is 13.4. The number of fused-ring (bicyclic) bond motifs is 2. The number of benzene rings is 6. The number of carbonyl (C=O) groups excluding carboxylic acids is 2. The van der Waals surface area contributed by atoms with Gasteiger partial charge in [0.1, 0.15) is 17.2 Å². The first-order valence-corrected chi connectivity index (χ1v) is 26.6. The number of hydrogen-bond acceptors (Lipinski definition) is 11. The second kappa shape index (κ2) is 21.0. The van der Waals surface area contributed by atoms with E-state index in [1.807, 2.05) is 82.2 Å². The summed E-state index contributed by atoms with van der Waals surface area (Å²) in [6.07, 6.45) is 0. The summed E-state index contributed by atoms with van der Waals surface area (Å²) in [5.41, 5.74) is 5.76. The number of phosphoric acid groups is 2. The predicted octanol–water partition coefficient (Wildman–Crippen LogP) is 10.7. The van der Waals surface area contributed by atoms with Crippen molar-refractivity contribution in [2.45, 2.75) is 118 Å². The number of ether oxygens (including phenoxy) is 2. The molecule has 2 heterocycles. The molecule has 14 nitrogen and oxygen atoms in total. The Balaban J connectivity index is 0.000000235. The first-order chi connectivity index (χ1) is 33.5. The number of phenols is 1. The van der Waals surface area contributed by atoms with E-state index in [0.29, 0.717) is 44.5 Å². The van der Waals surface area contributed by atoms with Gasteiger partial charge in [-0.25, -0.2) is 14.2 Å². The van der Waals surface area contributed by atoms with Crippen molar-refractivity contribution in [3.8, 4) is 23.0 Å². The molecule has 3 unspecified atom stereocenters. The topological polar surface area (TPSA) is 232 Å². The van der Waals surface area contributed by atoms with Gasteiger partial charge in [-0.3, -0.25) is 14.4 Å². The van der Waals surface area contributed by atoms with Gasteiger partial charge < -0.3 is 38.5 Å². The summed E-state index contributed by atoms with van der Waals surface area (Å²) >= 11 is 0. The molecule has 2 aliphatic heterocycles. The van der Waals surface area contributed by atoms with Crippen LogP contribution >= 0.6 is 15.6 Å². The molecule has 380 valence electrons. The van der Waals surface area contributed by atoms with Crippen molar-refractivity contribution in [2.75, 3.05) is 0 Å². The minimum absolute atomic E-state index is 0. The number of carbonyl (C=O) groups is 2. The molecule has 0 saturated carbocycles. The van der Waals surface area contributed by atoms with Crippen LogP contribution in [0.25, 0.3) is 0 Å². The van der Waals surface area contributed by atoms with Crippen molar-refractivity contribution >= 4 is 50.6 Å². The molecule has 0 aromatic heterocycles. The summed E-state index contributed by atoms with van der Waals surface area (Å²) in [6.45, 7) is 23.1. The maximum atomic E-state index is 13.2. The van der Waals surface area contributed by atoms with Crippen LogP contribution in [0.5, 0.6) is 23.0 Å². The summed E-state index contributed by atoms with van der Waals surface area (Å²) in [7, 11) is -10.2. The van der Waals surface area contributed by atoms with E-state index in [9.17, 15) is 48.5 Å². The van der Waals surface area contributed by atoms with Gasteiger partial charge in [0, 0.05) is 33.4 Å². The molecule has 8 rings (SSSR count). The average molecular weight is 1040 g/mol. The largest absolute Gasteiger partial charge is 2.00 e. The SMILES string of the molecule is Cc1cc(OP(=O)(O)O)c(C2(c3cc(O)c(C(C)C)cc3C)OC(=O)c3ccccc32)cc1C(C)C.Cc1cc(OP(=O)([O-])O)c(C2(c3cc([O-])c(C(C)C)cc3C)OC(=O)c3ccccc32)cc1C(C)C.[Mg+2]. The minimum atomic E-state index is -5.23. The Morgan fingerprint density at radius 2 is 0.890 bits per heavy atom. The molecule has 6 aromatic carbocycles. The van der Waals surface area contributed by atoms with Crippen LogP contribution in [0.1, 0.15) is 178 Å². The second-order valence-electron chi connectivity index (χ2n) is 19.8. The second-order valence-corrected chi connectivity index (χ2v) is 22.1. The summed E-state index contributed by atoms with van der Waals surface area (Å²) in [4.78, 5) is 67.4. The van der Waals surface area contributed by atoms with Gasteiger partial charge >= 0.3 is 50.6 Å². The number of aromatic hydroxyl groups is 1. The van der Waals surface area contributed by atoms with Crippen LogP contribution < -0.4 is 19.0 Å². The molecule has 0 bridgehead atoms. The van der Waals surface area contributed by atoms with E-state index in [2.05, 4.69) is 0 Å². The molecule has 6 aromatic rings. The zero-order chi connectivity index (χ0) is 53.2. The average Bonchev–Trinajstić information content (AvgIpc) is 3.74. The van der Waals surface area contributed by atoms with Gasteiger partial charge in [0.15, 0.2) is 11.2 Å². The van der Waals surface area contributed by atoms with E-state index in [4.69, 9.17) is 18.5 Å². The Kier molecular flexibility index (Phi) is 16.4. The smallest absolute Gasteiger partial charge is 0.872 e. The summed E-state index contributed by atoms with van der Waals surface area (Å²) < 4.78 is 46.5. The van der Waals surface area contributed by atoms with E-state index >= 15 is 0 Å². The quantitative estimate of drug-likeness (QED) is 0.0507. The fourth-order valence-corrected chi connectivity index (χ4v) is 11.0. The van der Waals surface area contributed by atoms with E-state index in [1.54, 1.807) is 85.8 Å². The number of esters is 2. The van der Waals surface area contributed by atoms with Crippen molar-refractivity contribution in [1.82, 2.24) is 0 Å². The Hall–Kier alpha value is -5.47. The van der Waals surface area contributed by atoms with Gasteiger partial charge in [-0.15, -0.1) is 5.75 Å². The van der Waals surface area contributed by atoms with Crippen molar-refractivity contribution in [3.05, 3.63) is 186 Å². The molecule has 0 saturated heterocycles. The van der Waals surface area contributed by atoms with Crippen LogP contribution in [0.2, 0.25) is 0 Å². The van der Waals surface area contributed by atoms with E-state index in [1.165, 1.54) is 12.1 Å². The number of cyclic esters (lactones) is 2. The summed E-state index contributed by atoms with van der Waals surface area (Å²) in [6, 6.07) is 27.0. The molecule has 0 spiro atoms. The third kappa shape index (κ3) is 10.7. The predicted molar refractivity (Wildman–Crippen MR) is 275 cm³/mol. The molecule has 3 atom stereocenters. The molecule has 73 heavy (non-hydrogen) atoms. The van der Waals surface area contributed by atoms with Gasteiger partial charge in [0.2, 0.25) is 0 Å². The first-order valence-electron chi connectivity index (χ1n) is 23.6. The van der Waals surface area contributed by atoms with E-state index < -0.39 is 38.8 Å². The maximum Gasteiger partial charge on any atom is 2.00 e. The van der Waals surface area contributed by atoms with Crippen molar-refractivity contribution in [3.63, 3.8) is 0 Å². The molecule has 4 N–H and O–H groups in total. The monoisotopic (exact) mass is 1040 g/mol. The fourth-order valence-electron chi connectivity index (χ4n) is 10.2. The molecule has 0 fully saturated rings. The number of phenolic OH excluding ortho intramolecular Hbond substituents is 1. The van der Waals surface area contributed by atoms with Gasteiger partial charge in [-0.05, 0) is 133 Å². The Labute approximate surface area is 442 Å². The first kappa shape index (κ1) is 56.8. The van der Waals surface area contributed by atoms with Crippen LogP contribution in [0.3, 0.4) is 0 Å². The van der Waals surface area contributed by atoms with Gasteiger partial charge in [-0.1, -0.05) is 116 Å². The Morgan fingerprint density at radius 1 is 0.507 bits per heavy atom. The molecular weight excluding hydrogens is 983 g/mol. The number of rotatable bonds is 12. The molecule has 0 aliphatic carbocycles. The third-order valence-corrected chi connectivity index (χ3v) is 14.3. The zero-order valence-electron chi connectivity index (χ0n) is 43.0. The summed E-state index contributed by atoms with van der Waals surface area (Å²) in [5, 5.41) is 24.2. The van der Waals surface area contributed by atoms with Gasteiger partial charge in [-0.2, -0.15) is 0 Å². The van der Waals surface area contributed by atoms with Crippen LogP contribution in [-0.4, -0.2) is 54.8 Å². The van der Waals surface area contributed by atoms with Crippen molar-refractivity contribution < 1.29 is 67.0 Å². The maximum absolute atomic E-state index is 13.2. The summed E-state index contributed by atoms with van der Waals surface area (Å²) in [5.74, 6) is -1.52. The van der Waals surface area contributed by atoms with Crippen molar-refractivity contribution in [1.29, 1.82) is 0 Å². The van der Waals surface area contributed by atoms with E-state index in [0.717, 1.165) is 33.4 Å². The van der Waals surface area contributed by atoms with Crippen molar-refractivity contribution in [2.24, 2.45) is 0 Å². The van der Waals surface area contributed by atoms with Crippen LogP contribution in [-0.2, 0) is 29.8 Å². The van der Waals surface area contributed by atoms with E-state index in [-0.39, 0.29) is 80.8 Å². The molecule has 17 heteroatoms. The van der Waals surface area contributed by atoms with Gasteiger partial charge in [0.05, 0.1) is 11.1 Å². The minimum Gasteiger partial charge on any atom is -0.872 e. The molecule has 2 aliphatic rings. The molecule has 0 amide bonds. The zero-order valence-corrected chi connectivity index (χ0v) is 46.2. The Morgan fingerprint density at radius 3 is 1.29 bits per heavy atom. The van der Waals surface area contributed by atoms with Gasteiger partial charge in [0.25, 0.3) is 0 Å². The number of hydrogen-bond donors (Lipinski definition) is 4. The number of aryl methyl sites for hydroxylation is 4. The van der Waals surface area contributed by atoms with Crippen LogP contribution in [0, 0.1) is 27.7 Å². The molecule has 0 radical (unpaired) electrons. The molecular formula is C56H60MgO14P2. The van der Waals surface area contributed by atoms with Crippen LogP contribution in [0.4, 0.5) is 0 Å². The van der Waals surface area contributed by atoms with Crippen LogP contribution in [0.15, 0.2) is 97.1 Å². The Bertz CT molecular complexity index is 3030. The normalized spacial score (nSPS) is 17.9.